The molecule has 0 unspecified atom stereocenters. The summed E-state index contributed by atoms with van der Waals surface area (Å²) in [6.07, 6.45) is 6.59. The second kappa shape index (κ2) is 7.33. The lowest BCUT2D eigenvalue weighted by Crippen LogP contribution is -2.47. The predicted molar refractivity (Wildman–Crippen MR) is 87.0 cm³/mol. The normalized spacial score (nSPS) is 21.2. The van der Waals surface area contributed by atoms with E-state index in [4.69, 9.17) is 4.74 Å². The van der Waals surface area contributed by atoms with Crippen LogP contribution in [0, 0.1) is 5.92 Å². The van der Waals surface area contributed by atoms with Crippen molar-refractivity contribution >= 4 is 5.91 Å². The number of piperidine rings is 1. The lowest BCUT2D eigenvalue weighted by Gasteiger charge is -2.37. The van der Waals surface area contributed by atoms with E-state index in [1.54, 1.807) is 19.5 Å². The van der Waals surface area contributed by atoms with E-state index in [0.29, 0.717) is 18.8 Å². The number of hydrogen-bond acceptors (Lipinski definition) is 4. The molecule has 1 aromatic heterocycles. The molecule has 0 spiro atoms. The highest BCUT2D eigenvalue weighted by molar-refractivity contribution is 5.92. The van der Waals surface area contributed by atoms with Crippen LogP contribution in [0.25, 0.3) is 0 Å². The molecule has 3 rings (SSSR count). The number of methoxy groups -OCH3 is 1. The molecule has 1 saturated heterocycles. The van der Waals surface area contributed by atoms with Crippen molar-refractivity contribution < 1.29 is 9.53 Å². The van der Waals surface area contributed by atoms with Gasteiger partial charge < -0.3 is 9.64 Å². The zero-order valence-electron chi connectivity index (χ0n) is 13.3. The highest BCUT2D eigenvalue weighted by Crippen LogP contribution is 2.24. The maximum absolute atomic E-state index is 12.6. The molecule has 120 valence electrons. The van der Waals surface area contributed by atoms with Crippen LogP contribution in [-0.4, -0.2) is 47.1 Å². The van der Waals surface area contributed by atoms with E-state index < -0.39 is 0 Å². The molecular weight excluding hydrogens is 290 g/mol. The Morgan fingerprint density at radius 1 is 1.30 bits per heavy atom. The summed E-state index contributed by atoms with van der Waals surface area (Å²) in [6, 6.07) is 10.3. The maximum Gasteiger partial charge on any atom is 0.274 e. The minimum Gasteiger partial charge on any atom is -0.381 e. The molecular formula is C18H21N3O2. The number of hydrogen-bond donors (Lipinski definition) is 0. The van der Waals surface area contributed by atoms with E-state index >= 15 is 0 Å². The van der Waals surface area contributed by atoms with Crippen molar-refractivity contribution in [2.45, 2.75) is 18.9 Å². The van der Waals surface area contributed by atoms with Crippen LogP contribution in [0.4, 0.5) is 0 Å². The van der Waals surface area contributed by atoms with Crippen molar-refractivity contribution in [2.75, 3.05) is 20.2 Å². The van der Waals surface area contributed by atoms with Crippen LogP contribution in [0.5, 0.6) is 0 Å². The first-order valence-electron chi connectivity index (χ1n) is 7.90. The van der Waals surface area contributed by atoms with E-state index in [1.165, 1.54) is 11.8 Å². The molecule has 1 fully saturated rings. The number of ether oxygens (including phenoxy) is 1. The summed E-state index contributed by atoms with van der Waals surface area (Å²) in [5.41, 5.74) is 1.68. The van der Waals surface area contributed by atoms with Crippen molar-refractivity contribution in [3.63, 3.8) is 0 Å². The minimum atomic E-state index is -0.0503. The highest BCUT2D eigenvalue weighted by Gasteiger charge is 2.32. The Kier molecular flexibility index (Phi) is 4.98. The maximum atomic E-state index is 12.6. The number of carbonyl (C=O) groups is 1. The molecule has 0 bridgehead atoms. The molecule has 1 aromatic carbocycles. The lowest BCUT2D eigenvalue weighted by molar-refractivity contribution is -0.00318. The number of amides is 1. The molecule has 2 heterocycles. The Morgan fingerprint density at radius 3 is 2.83 bits per heavy atom. The molecule has 2 aromatic rings. The third kappa shape index (κ3) is 3.74. The van der Waals surface area contributed by atoms with Gasteiger partial charge in [0.1, 0.15) is 5.69 Å². The zero-order valence-corrected chi connectivity index (χ0v) is 13.3. The fourth-order valence-electron chi connectivity index (χ4n) is 3.19. The number of rotatable bonds is 4. The van der Waals surface area contributed by atoms with Crippen LogP contribution in [0.1, 0.15) is 22.5 Å². The fourth-order valence-corrected chi connectivity index (χ4v) is 3.19. The third-order valence-electron chi connectivity index (χ3n) is 4.38. The van der Waals surface area contributed by atoms with Gasteiger partial charge in [-0.15, -0.1) is 0 Å². The van der Waals surface area contributed by atoms with Gasteiger partial charge in [0, 0.05) is 38.5 Å². The molecule has 1 aliphatic rings. The Balaban J connectivity index is 1.72. The average Bonchev–Trinajstić information content (AvgIpc) is 2.62. The Bertz CT molecular complexity index is 633. The summed E-state index contributed by atoms with van der Waals surface area (Å²) in [5, 5.41) is 0. The molecule has 5 heteroatoms. The smallest absolute Gasteiger partial charge is 0.274 e. The first kappa shape index (κ1) is 15.6. The monoisotopic (exact) mass is 311 g/mol. The van der Waals surface area contributed by atoms with Gasteiger partial charge in [0.15, 0.2) is 0 Å². The van der Waals surface area contributed by atoms with Gasteiger partial charge >= 0.3 is 0 Å². The Labute approximate surface area is 136 Å². The van der Waals surface area contributed by atoms with Crippen molar-refractivity contribution in [3.8, 4) is 0 Å². The van der Waals surface area contributed by atoms with Crippen molar-refractivity contribution in [2.24, 2.45) is 5.92 Å². The summed E-state index contributed by atoms with van der Waals surface area (Å²) < 4.78 is 5.64. The number of benzene rings is 1. The van der Waals surface area contributed by atoms with Gasteiger partial charge in [-0.3, -0.25) is 9.78 Å². The quantitative estimate of drug-likeness (QED) is 0.868. The summed E-state index contributed by atoms with van der Waals surface area (Å²) >= 11 is 0. The summed E-state index contributed by atoms with van der Waals surface area (Å²) in [5.74, 6) is 0.238. The molecule has 2 atom stereocenters. The standard InChI is InChI=1S/C18H21N3O2/c1-23-17-7-10-21(18(22)16-12-19-8-9-20-16)13-15(17)11-14-5-3-2-4-6-14/h2-6,8-9,12,15,17H,7,10-11,13H2,1H3/t15-,17-/m0/s1. The number of nitrogens with zero attached hydrogens (tertiary/aromatic N) is 3. The van der Waals surface area contributed by atoms with E-state index in [0.717, 1.165) is 12.8 Å². The second-order valence-corrected chi connectivity index (χ2v) is 5.85. The first-order chi connectivity index (χ1) is 11.3. The Hall–Kier alpha value is -2.27. The van der Waals surface area contributed by atoms with E-state index in [-0.39, 0.29) is 17.9 Å². The second-order valence-electron chi connectivity index (χ2n) is 5.85. The van der Waals surface area contributed by atoms with Crippen molar-refractivity contribution in [1.82, 2.24) is 14.9 Å². The van der Waals surface area contributed by atoms with Crippen LogP contribution in [0.2, 0.25) is 0 Å². The van der Waals surface area contributed by atoms with Gasteiger partial charge in [-0.25, -0.2) is 4.98 Å². The van der Waals surface area contributed by atoms with Gasteiger partial charge in [0.2, 0.25) is 0 Å². The van der Waals surface area contributed by atoms with Crippen molar-refractivity contribution in [3.05, 3.63) is 60.2 Å². The third-order valence-corrected chi connectivity index (χ3v) is 4.38. The minimum absolute atomic E-state index is 0.0503. The van der Waals surface area contributed by atoms with Gasteiger partial charge in [-0.2, -0.15) is 0 Å². The summed E-state index contributed by atoms with van der Waals surface area (Å²) in [6.45, 7) is 1.38. The van der Waals surface area contributed by atoms with E-state index in [1.807, 2.05) is 23.1 Å². The SMILES string of the molecule is CO[C@H]1CCN(C(=O)c2cnccn2)C[C@@H]1Cc1ccccc1. The zero-order chi connectivity index (χ0) is 16.1. The molecule has 23 heavy (non-hydrogen) atoms. The van der Waals surface area contributed by atoms with Crippen LogP contribution in [0.3, 0.4) is 0 Å². The number of aromatic nitrogens is 2. The van der Waals surface area contributed by atoms with Gasteiger partial charge in [-0.05, 0) is 18.4 Å². The van der Waals surface area contributed by atoms with Crippen LogP contribution in [0.15, 0.2) is 48.9 Å². The first-order valence-corrected chi connectivity index (χ1v) is 7.90. The molecule has 1 amide bonds. The highest BCUT2D eigenvalue weighted by atomic mass is 16.5. The number of carbonyl (C=O) groups excluding carboxylic acids is 1. The molecule has 0 radical (unpaired) electrons. The average molecular weight is 311 g/mol. The molecule has 0 N–H and O–H groups in total. The van der Waals surface area contributed by atoms with Gasteiger partial charge in [0.25, 0.3) is 5.91 Å². The van der Waals surface area contributed by atoms with E-state index in [9.17, 15) is 4.79 Å². The fraction of sp³-hybridized carbons (Fsp3) is 0.389. The largest absolute Gasteiger partial charge is 0.381 e. The van der Waals surface area contributed by atoms with E-state index in [2.05, 4.69) is 22.1 Å². The molecule has 0 saturated carbocycles. The Morgan fingerprint density at radius 2 is 2.13 bits per heavy atom. The lowest BCUT2D eigenvalue weighted by atomic mass is 9.88. The van der Waals surface area contributed by atoms with Crippen LogP contribution >= 0.6 is 0 Å². The van der Waals surface area contributed by atoms with Gasteiger partial charge in [-0.1, -0.05) is 30.3 Å². The predicted octanol–water partition coefficient (Wildman–Crippen LogP) is 2.20. The van der Waals surface area contributed by atoms with Crippen LogP contribution < -0.4 is 0 Å². The summed E-state index contributed by atoms with van der Waals surface area (Å²) in [4.78, 5) is 22.5. The summed E-state index contributed by atoms with van der Waals surface area (Å²) in [7, 11) is 1.75. The van der Waals surface area contributed by atoms with Gasteiger partial charge in [0.05, 0.1) is 12.3 Å². The molecule has 0 aliphatic carbocycles. The number of likely N-dealkylation sites (tertiary alicyclic amines) is 1. The van der Waals surface area contributed by atoms with Crippen molar-refractivity contribution in [1.29, 1.82) is 0 Å². The van der Waals surface area contributed by atoms with Crippen LogP contribution in [-0.2, 0) is 11.2 Å². The topological polar surface area (TPSA) is 55.3 Å². The molecule has 5 nitrogen and oxygen atoms in total. The molecule has 1 aliphatic heterocycles.